The summed E-state index contributed by atoms with van der Waals surface area (Å²) in [6, 6.07) is 0. The maximum atomic E-state index is 3.96. The predicted octanol–water partition coefficient (Wildman–Crippen LogP) is 2.92. The average molecular weight is 182 g/mol. The Kier molecular flexibility index (Phi) is 6.29. The monoisotopic (exact) mass is 182 g/mol. The van der Waals surface area contributed by atoms with Gasteiger partial charge in [0.25, 0.3) is 0 Å². The van der Waals surface area contributed by atoms with Crippen molar-refractivity contribution in [3.8, 4) is 0 Å². The van der Waals surface area contributed by atoms with E-state index in [1.54, 1.807) is 7.05 Å². The molecule has 0 atom stereocenters. The molecule has 2 nitrogen and oxygen atoms in total. The summed E-state index contributed by atoms with van der Waals surface area (Å²) in [6.45, 7) is 6.61. The molecule has 0 aromatic rings. The number of allylic oxidation sites excluding steroid dienone is 2. The van der Waals surface area contributed by atoms with Gasteiger partial charge in [0.2, 0.25) is 0 Å². The number of nitrogens with zero attached hydrogens (tertiary/aromatic N) is 2. The van der Waals surface area contributed by atoms with Gasteiger partial charge in [-0.25, -0.2) is 0 Å². The van der Waals surface area contributed by atoms with Crippen LogP contribution in [0.15, 0.2) is 16.8 Å². The molecule has 0 aliphatic heterocycles. The van der Waals surface area contributed by atoms with Crippen molar-refractivity contribution < 1.29 is 0 Å². The molecule has 0 radical (unpaired) electrons. The van der Waals surface area contributed by atoms with Crippen LogP contribution >= 0.6 is 0 Å². The Morgan fingerprint density at radius 1 is 1.46 bits per heavy atom. The Balaban J connectivity index is 3.87. The van der Waals surface area contributed by atoms with Gasteiger partial charge in [-0.15, -0.1) is 0 Å². The smallest absolute Gasteiger partial charge is 0.0885 e. The minimum Gasteiger partial charge on any atom is -0.340 e. The summed E-state index contributed by atoms with van der Waals surface area (Å²) in [6.07, 6.45) is 6.52. The third-order valence-corrected chi connectivity index (χ3v) is 2.03. The first-order valence-corrected chi connectivity index (χ1v) is 4.89. The molecular weight excluding hydrogens is 160 g/mol. The summed E-state index contributed by atoms with van der Waals surface area (Å²) in [5, 5.41) is 0. The standard InChI is InChI=1S/C11H22N2/c1-10(2)7-6-8-11(3)13(5)9-12-4/h8-10H,6-7H2,1-5H3/b11-8+,12-9-. The number of aliphatic imine (C=N–C) groups is 1. The topological polar surface area (TPSA) is 15.6 Å². The zero-order valence-corrected chi connectivity index (χ0v) is 9.54. The van der Waals surface area contributed by atoms with Crippen LogP contribution < -0.4 is 0 Å². The van der Waals surface area contributed by atoms with Gasteiger partial charge in [0.05, 0.1) is 6.34 Å². The Hall–Kier alpha value is -0.790. The van der Waals surface area contributed by atoms with Crippen LogP contribution in [-0.4, -0.2) is 25.3 Å². The summed E-state index contributed by atoms with van der Waals surface area (Å²) in [5.41, 5.74) is 1.27. The predicted molar refractivity (Wildman–Crippen MR) is 60.0 cm³/mol. The van der Waals surface area contributed by atoms with Gasteiger partial charge < -0.3 is 4.90 Å². The highest BCUT2D eigenvalue weighted by molar-refractivity contribution is 5.56. The molecule has 0 aliphatic carbocycles. The van der Waals surface area contributed by atoms with Crippen LogP contribution in [0.1, 0.15) is 33.6 Å². The van der Waals surface area contributed by atoms with E-state index in [-0.39, 0.29) is 0 Å². The van der Waals surface area contributed by atoms with Crippen molar-refractivity contribution in [1.82, 2.24) is 4.90 Å². The van der Waals surface area contributed by atoms with Gasteiger partial charge in [0.1, 0.15) is 0 Å². The van der Waals surface area contributed by atoms with Crippen LogP contribution in [0.4, 0.5) is 0 Å². The van der Waals surface area contributed by atoms with E-state index in [1.807, 2.05) is 18.3 Å². The molecule has 0 aliphatic rings. The highest BCUT2D eigenvalue weighted by Crippen LogP contribution is 2.07. The molecule has 0 spiro atoms. The van der Waals surface area contributed by atoms with E-state index in [1.165, 1.54) is 12.1 Å². The molecule has 2 heteroatoms. The van der Waals surface area contributed by atoms with Crippen molar-refractivity contribution >= 4 is 6.34 Å². The lowest BCUT2D eigenvalue weighted by molar-refractivity contribution is 0.582. The van der Waals surface area contributed by atoms with E-state index < -0.39 is 0 Å². The molecule has 0 saturated carbocycles. The highest BCUT2D eigenvalue weighted by atomic mass is 15.1. The third-order valence-electron chi connectivity index (χ3n) is 2.03. The lowest BCUT2D eigenvalue weighted by Crippen LogP contribution is -2.13. The van der Waals surface area contributed by atoms with E-state index in [0.29, 0.717) is 0 Å². The zero-order valence-electron chi connectivity index (χ0n) is 9.54. The molecule has 0 heterocycles. The van der Waals surface area contributed by atoms with Gasteiger partial charge in [-0.05, 0) is 25.7 Å². The highest BCUT2D eigenvalue weighted by Gasteiger charge is 1.95. The van der Waals surface area contributed by atoms with Crippen molar-refractivity contribution in [3.05, 3.63) is 11.8 Å². The molecule has 0 fully saturated rings. The fourth-order valence-electron chi connectivity index (χ4n) is 1.03. The summed E-state index contributed by atoms with van der Waals surface area (Å²) >= 11 is 0. The number of hydrogen-bond donors (Lipinski definition) is 0. The second-order valence-corrected chi connectivity index (χ2v) is 3.80. The average Bonchev–Trinajstić information content (AvgIpc) is 2.04. The minimum absolute atomic E-state index is 0.786. The fraction of sp³-hybridized carbons (Fsp3) is 0.727. The van der Waals surface area contributed by atoms with Crippen LogP contribution in [0, 0.1) is 5.92 Å². The summed E-state index contributed by atoms with van der Waals surface area (Å²) in [4.78, 5) is 6.00. The maximum Gasteiger partial charge on any atom is 0.0885 e. The molecule has 0 bridgehead atoms. The molecule has 0 N–H and O–H groups in total. The lowest BCUT2D eigenvalue weighted by atomic mass is 10.1. The van der Waals surface area contributed by atoms with Crippen molar-refractivity contribution in [1.29, 1.82) is 0 Å². The van der Waals surface area contributed by atoms with Crippen LogP contribution in [0.2, 0.25) is 0 Å². The van der Waals surface area contributed by atoms with Gasteiger partial charge >= 0.3 is 0 Å². The van der Waals surface area contributed by atoms with Gasteiger partial charge in [-0.3, -0.25) is 4.99 Å². The lowest BCUT2D eigenvalue weighted by Gasteiger charge is -2.13. The van der Waals surface area contributed by atoms with Crippen molar-refractivity contribution in [3.63, 3.8) is 0 Å². The molecule has 0 saturated heterocycles. The molecule has 13 heavy (non-hydrogen) atoms. The zero-order chi connectivity index (χ0) is 10.3. The van der Waals surface area contributed by atoms with Gasteiger partial charge in [0.15, 0.2) is 0 Å². The van der Waals surface area contributed by atoms with Gasteiger partial charge in [-0.1, -0.05) is 19.9 Å². The van der Waals surface area contributed by atoms with Crippen molar-refractivity contribution in [2.75, 3.05) is 14.1 Å². The summed E-state index contributed by atoms with van der Waals surface area (Å²) in [5.74, 6) is 0.786. The van der Waals surface area contributed by atoms with E-state index in [0.717, 1.165) is 12.3 Å². The molecule has 0 aromatic carbocycles. The van der Waals surface area contributed by atoms with Crippen LogP contribution in [0.3, 0.4) is 0 Å². The van der Waals surface area contributed by atoms with Crippen molar-refractivity contribution in [2.24, 2.45) is 10.9 Å². The molecular formula is C11H22N2. The second kappa shape index (κ2) is 6.70. The maximum absolute atomic E-state index is 3.96. The second-order valence-electron chi connectivity index (χ2n) is 3.80. The van der Waals surface area contributed by atoms with E-state index in [2.05, 4.69) is 31.8 Å². The summed E-state index contributed by atoms with van der Waals surface area (Å²) < 4.78 is 0. The Morgan fingerprint density at radius 2 is 2.08 bits per heavy atom. The normalized spacial score (nSPS) is 12.9. The Morgan fingerprint density at radius 3 is 2.54 bits per heavy atom. The van der Waals surface area contributed by atoms with Crippen LogP contribution in [0.5, 0.6) is 0 Å². The largest absolute Gasteiger partial charge is 0.340 e. The van der Waals surface area contributed by atoms with Crippen LogP contribution in [0.25, 0.3) is 0 Å². The molecule has 0 aromatic heterocycles. The minimum atomic E-state index is 0.786. The Labute approximate surface area is 82.4 Å². The molecule has 0 unspecified atom stereocenters. The Bertz CT molecular complexity index is 181. The molecule has 0 rings (SSSR count). The van der Waals surface area contributed by atoms with Crippen LogP contribution in [-0.2, 0) is 0 Å². The van der Waals surface area contributed by atoms with Gasteiger partial charge in [0, 0.05) is 19.8 Å². The van der Waals surface area contributed by atoms with Gasteiger partial charge in [-0.2, -0.15) is 0 Å². The summed E-state index contributed by atoms with van der Waals surface area (Å²) in [7, 11) is 3.81. The SMILES string of the molecule is C/N=C\N(C)/C(C)=C/CCC(C)C. The third kappa shape index (κ3) is 6.38. The van der Waals surface area contributed by atoms with E-state index >= 15 is 0 Å². The number of hydrogen-bond acceptors (Lipinski definition) is 1. The fourth-order valence-corrected chi connectivity index (χ4v) is 1.03. The first-order chi connectivity index (χ1) is 6.07. The molecule has 76 valence electrons. The first kappa shape index (κ1) is 12.2. The van der Waals surface area contributed by atoms with E-state index in [9.17, 15) is 0 Å². The molecule has 0 amide bonds. The first-order valence-electron chi connectivity index (χ1n) is 4.89. The number of rotatable bonds is 5. The van der Waals surface area contributed by atoms with Crippen molar-refractivity contribution in [2.45, 2.75) is 33.6 Å². The van der Waals surface area contributed by atoms with E-state index in [4.69, 9.17) is 0 Å². The quantitative estimate of drug-likeness (QED) is 0.471.